The first-order valence-corrected chi connectivity index (χ1v) is 18.9. The van der Waals surface area contributed by atoms with E-state index in [1.165, 1.54) is 16.7 Å². The second kappa shape index (κ2) is 12.6. The average molecular weight is 759 g/mol. The molecule has 12 rings (SSSR count). The number of furan rings is 1. The van der Waals surface area contributed by atoms with Gasteiger partial charge in [-0.15, -0.1) is 11.3 Å². The summed E-state index contributed by atoms with van der Waals surface area (Å²) in [7, 11) is 0. The molecule has 0 aliphatic rings. The maximum absolute atomic E-state index is 9.70. The summed E-state index contributed by atoms with van der Waals surface area (Å²) < 4.78 is 118. The molecule has 8 aromatic carbocycles. The second-order valence-electron chi connectivity index (χ2n) is 13.5. The van der Waals surface area contributed by atoms with Crippen LogP contribution in [-0.4, -0.2) is 19.5 Å². The molecule has 0 saturated carbocycles. The first-order chi connectivity index (χ1) is 33.2. The zero-order chi connectivity index (χ0) is 47.9. The molecule has 0 N–H and O–H groups in total. The Bertz CT molecular complexity index is 4160. The second-order valence-corrected chi connectivity index (χ2v) is 14.5. The molecule has 0 aliphatic carbocycles. The molecular formula is C51H30N4OS. The third-order valence-electron chi connectivity index (χ3n) is 10.2. The Morgan fingerprint density at radius 2 is 1.18 bits per heavy atom. The molecule has 0 aliphatic heterocycles. The van der Waals surface area contributed by atoms with E-state index in [0.29, 0.717) is 11.1 Å². The number of hydrogen-bond donors (Lipinski definition) is 0. The van der Waals surface area contributed by atoms with Crippen LogP contribution >= 0.6 is 11.3 Å². The first-order valence-electron chi connectivity index (χ1n) is 24.0. The zero-order valence-corrected chi connectivity index (χ0v) is 30.3. The van der Waals surface area contributed by atoms with Crippen molar-refractivity contribution in [1.29, 1.82) is 0 Å². The van der Waals surface area contributed by atoms with Gasteiger partial charge >= 0.3 is 0 Å². The smallest absolute Gasteiger partial charge is 0.164 e. The Balaban J connectivity index is 1.12. The van der Waals surface area contributed by atoms with Crippen LogP contribution in [0.5, 0.6) is 0 Å². The minimum atomic E-state index is -0.609. The highest BCUT2D eigenvalue weighted by Gasteiger charge is 2.20. The molecule has 0 fully saturated rings. The van der Waals surface area contributed by atoms with Gasteiger partial charge in [0.1, 0.15) is 5.58 Å². The zero-order valence-electron chi connectivity index (χ0n) is 41.5. The summed E-state index contributed by atoms with van der Waals surface area (Å²) in [5.74, 6) is 0.385. The standard InChI is InChI=1S/C51H30N4OS/c1-3-13-31(14-4-1)35-19-11-21-41-39-28-26-34(30-46(39)57-48(35)41)51-53-49(32-15-5-2-6-16-32)52-50(54-51)33-25-27-38-40-20-12-24-44(47(40)56-45(38)29-33)55-42-22-9-7-17-36(42)37-18-8-10-23-43(37)55/h1-30H/i7D,8D,9D,10D,12D,17D,18D,20D,24D,25D,27D,29D. The highest BCUT2D eigenvalue weighted by molar-refractivity contribution is 7.26. The monoisotopic (exact) mass is 758 g/mol. The topological polar surface area (TPSA) is 56.7 Å². The van der Waals surface area contributed by atoms with E-state index >= 15 is 0 Å². The van der Waals surface area contributed by atoms with Crippen molar-refractivity contribution >= 4 is 75.3 Å². The molecule has 0 bridgehead atoms. The first kappa shape index (κ1) is 22.2. The van der Waals surface area contributed by atoms with Crippen molar-refractivity contribution in [1.82, 2.24) is 19.5 Å². The Morgan fingerprint density at radius 3 is 1.93 bits per heavy atom. The van der Waals surface area contributed by atoms with E-state index in [0.717, 1.165) is 31.3 Å². The number of thiophene rings is 1. The van der Waals surface area contributed by atoms with Gasteiger partial charge in [0.15, 0.2) is 23.1 Å². The van der Waals surface area contributed by atoms with E-state index in [9.17, 15) is 5.48 Å². The molecule has 5 nitrogen and oxygen atoms in total. The largest absolute Gasteiger partial charge is 0.454 e. The van der Waals surface area contributed by atoms with Gasteiger partial charge in [-0.25, -0.2) is 15.0 Å². The quantitative estimate of drug-likeness (QED) is 0.175. The fourth-order valence-electron chi connectivity index (χ4n) is 7.57. The van der Waals surface area contributed by atoms with E-state index < -0.39 is 60.4 Å². The van der Waals surface area contributed by atoms with Crippen LogP contribution in [0.2, 0.25) is 0 Å². The minimum absolute atomic E-state index is 0.00367. The lowest BCUT2D eigenvalue weighted by Crippen LogP contribution is -2.00. The van der Waals surface area contributed by atoms with Gasteiger partial charge in [-0.1, -0.05) is 145 Å². The Labute approximate surface area is 347 Å². The van der Waals surface area contributed by atoms with E-state index in [2.05, 4.69) is 24.3 Å². The number of benzene rings is 8. The molecule has 0 saturated heterocycles. The fraction of sp³-hybridized carbons (Fsp3) is 0. The van der Waals surface area contributed by atoms with Gasteiger partial charge in [-0.2, -0.15) is 0 Å². The van der Waals surface area contributed by atoms with Crippen LogP contribution in [0.15, 0.2) is 186 Å². The van der Waals surface area contributed by atoms with E-state index in [4.69, 9.17) is 30.3 Å². The fourth-order valence-corrected chi connectivity index (χ4v) is 8.85. The van der Waals surface area contributed by atoms with E-state index in [1.54, 1.807) is 11.3 Å². The van der Waals surface area contributed by atoms with E-state index in [1.807, 2.05) is 72.8 Å². The normalized spacial score (nSPS) is 14.8. The van der Waals surface area contributed by atoms with Crippen LogP contribution in [0.25, 0.3) is 115 Å². The van der Waals surface area contributed by atoms with E-state index in [-0.39, 0.29) is 84.6 Å². The highest BCUT2D eigenvalue weighted by Crippen LogP contribution is 2.42. The lowest BCUT2D eigenvalue weighted by Gasteiger charge is -2.08. The van der Waals surface area contributed by atoms with Crippen molar-refractivity contribution in [3.63, 3.8) is 0 Å². The SMILES string of the molecule is [2H]c1cc2c(c([2H])c1[2H])c1c([2H])c([2H])c([2H])cc1n2-c1c([2H])c([2H])c([2H])c2c1oc1c([2H])c(-c3nc(-c4ccccc4)nc(-c4ccc5c(c4)sc4c(-c6ccccc6)cccc45)n3)c([2H])c([2H])c12. The molecular weight excluding hydrogens is 717 g/mol. The van der Waals surface area contributed by atoms with Crippen molar-refractivity contribution in [3.8, 4) is 51.0 Å². The molecule has 12 aromatic rings. The van der Waals surface area contributed by atoms with Gasteiger partial charge < -0.3 is 8.98 Å². The van der Waals surface area contributed by atoms with Crippen LogP contribution in [0.4, 0.5) is 0 Å². The van der Waals surface area contributed by atoms with Crippen LogP contribution in [0.3, 0.4) is 0 Å². The number of rotatable bonds is 5. The summed E-state index contributed by atoms with van der Waals surface area (Å²) in [4.78, 5) is 14.6. The summed E-state index contributed by atoms with van der Waals surface area (Å²) in [6.45, 7) is 0. The highest BCUT2D eigenvalue weighted by atomic mass is 32.1. The summed E-state index contributed by atoms with van der Waals surface area (Å²) in [5.41, 5.74) is 2.64. The molecule has 266 valence electrons. The number of fused-ring (bicyclic) bond motifs is 9. The van der Waals surface area contributed by atoms with Crippen LogP contribution in [-0.2, 0) is 0 Å². The van der Waals surface area contributed by atoms with Crippen molar-refractivity contribution in [3.05, 3.63) is 182 Å². The van der Waals surface area contributed by atoms with Crippen molar-refractivity contribution in [2.75, 3.05) is 0 Å². The predicted molar refractivity (Wildman–Crippen MR) is 236 cm³/mol. The van der Waals surface area contributed by atoms with Gasteiger partial charge in [0.25, 0.3) is 0 Å². The molecule has 4 heterocycles. The summed E-state index contributed by atoms with van der Waals surface area (Å²) in [6, 6.07) is 28.5. The Hall–Kier alpha value is -7.41. The molecule has 0 amide bonds. The summed E-state index contributed by atoms with van der Waals surface area (Å²) >= 11 is 1.65. The number of para-hydroxylation sites is 3. The molecule has 4 aromatic heterocycles. The Kier molecular flexibility index (Phi) is 4.90. The predicted octanol–water partition coefficient (Wildman–Crippen LogP) is 13.9. The maximum atomic E-state index is 9.70. The molecule has 57 heavy (non-hydrogen) atoms. The van der Waals surface area contributed by atoms with Crippen LogP contribution in [0.1, 0.15) is 16.4 Å². The lowest BCUT2D eigenvalue weighted by molar-refractivity contribution is 0.666. The van der Waals surface area contributed by atoms with Crippen molar-refractivity contribution < 1.29 is 20.9 Å². The minimum Gasteiger partial charge on any atom is -0.454 e. The third kappa shape index (κ3) is 5.04. The van der Waals surface area contributed by atoms with Crippen molar-refractivity contribution in [2.24, 2.45) is 0 Å². The average Bonchev–Trinajstić information content (AvgIpc) is 4.04. The van der Waals surface area contributed by atoms with Gasteiger partial charge in [-0.3, -0.25) is 0 Å². The molecule has 6 heteroatoms. The van der Waals surface area contributed by atoms with Crippen molar-refractivity contribution in [2.45, 2.75) is 0 Å². The lowest BCUT2D eigenvalue weighted by atomic mass is 10.0. The number of hydrogen-bond acceptors (Lipinski definition) is 5. The number of aromatic nitrogens is 4. The Morgan fingerprint density at radius 1 is 0.491 bits per heavy atom. The molecule has 0 atom stereocenters. The van der Waals surface area contributed by atoms with Crippen LogP contribution < -0.4 is 0 Å². The van der Waals surface area contributed by atoms with Gasteiger partial charge in [-0.05, 0) is 47.5 Å². The van der Waals surface area contributed by atoms with Gasteiger partial charge in [0.05, 0.1) is 33.2 Å². The molecule has 0 radical (unpaired) electrons. The molecule has 0 spiro atoms. The number of nitrogens with zero attached hydrogens (tertiary/aromatic N) is 4. The van der Waals surface area contributed by atoms with Gasteiger partial charge in [0, 0.05) is 58.4 Å². The summed E-state index contributed by atoms with van der Waals surface area (Å²) in [6.07, 6.45) is 0. The third-order valence-corrected chi connectivity index (χ3v) is 11.4. The molecule has 0 unspecified atom stereocenters. The summed E-state index contributed by atoms with van der Waals surface area (Å²) in [5, 5.41) is 1.83. The van der Waals surface area contributed by atoms with Gasteiger partial charge in [0.2, 0.25) is 0 Å². The van der Waals surface area contributed by atoms with Crippen LogP contribution in [0, 0.1) is 0 Å². The maximum Gasteiger partial charge on any atom is 0.164 e.